The van der Waals surface area contributed by atoms with Gasteiger partial charge >= 0.3 is 5.97 Å². The highest BCUT2D eigenvalue weighted by Gasteiger charge is 2.15. The Morgan fingerprint density at radius 2 is 2.00 bits per heavy atom. The van der Waals surface area contributed by atoms with Gasteiger partial charge in [-0.3, -0.25) is 0 Å². The van der Waals surface area contributed by atoms with E-state index in [1.165, 1.54) is 0 Å². The summed E-state index contributed by atoms with van der Waals surface area (Å²) in [6.07, 6.45) is 7.06. The van der Waals surface area contributed by atoms with Gasteiger partial charge in [-0.1, -0.05) is 30.4 Å². The Morgan fingerprint density at radius 1 is 1.20 bits per heavy atom. The maximum atomic E-state index is 11.7. The van der Waals surface area contributed by atoms with Gasteiger partial charge in [-0.25, -0.2) is 4.79 Å². The lowest BCUT2D eigenvalue weighted by Gasteiger charge is -2.18. The van der Waals surface area contributed by atoms with Gasteiger partial charge in [-0.15, -0.1) is 0 Å². The van der Waals surface area contributed by atoms with E-state index < -0.39 is 0 Å². The molecule has 0 heterocycles. The second-order valence-corrected chi connectivity index (χ2v) is 3.68. The Bertz CT molecular complexity index is 354. The molecule has 1 aliphatic rings. The predicted molar refractivity (Wildman–Crippen MR) is 58.6 cm³/mol. The fraction of sp³-hybridized carbons (Fsp3) is 0.308. The molecule has 1 aromatic rings. The minimum absolute atomic E-state index is 0.0581. The fourth-order valence-electron chi connectivity index (χ4n) is 1.67. The van der Waals surface area contributed by atoms with Crippen LogP contribution in [0.5, 0.6) is 0 Å². The molecule has 15 heavy (non-hydrogen) atoms. The third kappa shape index (κ3) is 2.69. The van der Waals surface area contributed by atoms with Crippen molar-refractivity contribution in [3.8, 4) is 0 Å². The second kappa shape index (κ2) is 4.78. The summed E-state index contributed by atoms with van der Waals surface area (Å²) in [5.74, 6) is -0.212. The van der Waals surface area contributed by atoms with Gasteiger partial charge in [0.1, 0.15) is 6.10 Å². The average Bonchev–Trinajstić information content (AvgIpc) is 2.31. The molecule has 1 aromatic carbocycles. The lowest BCUT2D eigenvalue weighted by atomic mass is 10.0. The highest BCUT2D eigenvalue weighted by Crippen LogP contribution is 2.16. The minimum Gasteiger partial charge on any atom is -0.458 e. The topological polar surface area (TPSA) is 26.3 Å². The molecule has 0 unspecified atom stereocenters. The van der Waals surface area contributed by atoms with Crippen LogP contribution in [0, 0.1) is 0 Å². The average molecular weight is 202 g/mol. The van der Waals surface area contributed by atoms with Crippen LogP contribution < -0.4 is 0 Å². The van der Waals surface area contributed by atoms with Crippen LogP contribution in [-0.4, -0.2) is 12.1 Å². The van der Waals surface area contributed by atoms with Crippen LogP contribution in [0.2, 0.25) is 0 Å². The number of ether oxygens (including phenoxy) is 1. The van der Waals surface area contributed by atoms with Crippen molar-refractivity contribution in [2.24, 2.45) is 0 Å². The van der Waals surface area contributed by atoms with Crippen LogP contribution in [0.25, 0.3) is 0 Å². The number of carbonyl (C=O) groups is 1. The van der Waals surface area contributed by atoms with E-state index in [2.05, 4.69) is 12.2 Å². The molecule has 1 aliphatic carbocycles. The minimum atomic E-state index is -0.212. The number of allylic oxidation sites excluding steroid dienone is 1. The molecule has 0 bridgehead atoms. The van der Waals surface area contributed by atoms with Crippen molar-refractivity contribution in [2.45, 2.75) is 25.4 Å². The summed E-state index contributed by atoms with van der Waals surface area (Å²) in [6.45, 7) is 0. The van der Waals surface area contributed by atoms with Crippen molar-refractivity contribution in [3.63, 3.8) is 0 Å². The number of carbonyl (C=O) groups excluding carboxylic acids is 1. The van der Waals surface area contributed by atoms with Crippen LogP contribution in [0.4, 0.5) is 0 Å². The van der Waals surface area contributed by atoms with Crippen LogP contribution in [0.15, 0.2) is 42.5 Å². The number of hydrogen-bond donors (Lipinski definition) is 0. The molecule has 0 amide bonds. The molecule has 0 saturated heterocycles. The molecule has 0 spiro atoms. The molecule has 78 valence electrons. The smallest absolute Gasteiger partial charge is 0.338 e. The third-order valence-corrected chi connectivity index (χ3v) is 2.50. The lowest BCUT2D eigenvalue weighted by Crippen LogP contribution is -2.19. The van der Waals surface area contributed by atoms with E-state index in [1.807, 2.05) is 18.2 Å². The Kier molecular flexibility index (Phi) is 3.18. The molecule has 0 radical (unpaired) electrons. The van der Waals surface area contributed by atoms with Gasteiger partial charge in [-0.05, 0) is 25.0 Å². The van der Waals surface area contributed by atoms with E-state index in [9.17, 15) is 4.79 Å². The molecule has 0 fully saturated rings. The Hall–Kier alpha value is -1.57. The zero-order valence-electron chi connectivity index (χ0n) is 8.56. The molecule has 0 aliphatic heterocycles. The van der Waals surface area contributed by atoms with E-state index >= 15 is 0 Å². The monoisotopic (exact) mass is 202 g/mol. The largest absolute Gasteiger partial charge is 0.458 e. The van der Waals surface area contributed by atoms with E-state index in [1.54, 1.807) is 12.1 Å². The highest BCUT2D eigenvalue weighted by atomic mass is 16.5. The molecular weight excluding hydrogens is 188 g/mol. The van der Waals surface area contributed by atoms with Crippen molar-refractivity contribution >= 4 is 5.97 Å². The number of esters is 1. The summed E-state index contributed by atoms with van der Waals surface area (Å²) in [5.41, 5.74) is 0.632. The predicted octanol–water partition coefficient (Wildman–Crippen LogP) is 2.95. The molecule has 2 rings (SSSR count). The first kappa shape index (κ1) is 9.97. The quantitative estimate of drug-likeness (QED) is 0.544. The normalized spacial score (nSPS) is 19.9. The summed E-state index contributed by atoms with van der Waals surface area (Å²) in [6, 6.07) is 9.14. The summed E-state index contributed by atoms with van der Waals surface area (Å²) < 4.78 is 5.39. The first-order chi connectivity index (χ1) is 7.36. The molecule has 2 nitrogen and oxygen atoms in total. The van der Waals surface area contributed by atoms with Gasteiger partial charge in [0, 0.05) is 6.42 Å². The Morgan fingerprint density at radius 3 is 2.67 bits per heavy atom. The van der Waals surface area contributed by atoms with E-state index in [0.717, 1.165) is 19.3 Å². The summed E-state index contributed by atoms with van der Waals surface area (Å²) in [4.78, 5) is 11.7. The maximum absolute atomic E-state index is 11.7. The highest BCUT2D eigenvalue weighted by molar-refractivity contribution is 5.89. The molecular formula is C13H14O2. The Labute approximate surface area is 89.6 Å². The van der Waals surface area contributed by atoms with Crippen LogP contribution in [0.3, 0.4) is 0 Å². The van der Waals surface area contributed by atoms with Crippen LogP contribution in [-0.2, 0) is 4.74 Å². The Balaban J connectivity index is 1.95. The van der Waals surface area contributed by atoms with E-state index in [-0.39, 0.29) is 12.1 Å². The van der Waals surface area contributed by atoms with Gasteiger partial charge in [0.25, 0.3) is 0 Å². The first-order valence-electron chi connectivity index (χ1n) is 5.27. The number of hydrogen-bond acceptors (Lipinski definition) is 2. The first-order valence-corrected chi connectivity index (χ1v) is 5.27. The molecule has 0 N–H and O–H groups in total. The molecule has 2 heteroatoms. The SMILES string of the molecule is O=C(O[C@@H]1CC=CCC1)c1ccccc1. The van der Waals surface area contributed by atoms with Gasteiger partial charge in [0.2, 0.25) is 0 Å². The van der Waals surface area contributed by atoms with E-state index in [4.69, 9.17) is 4.74 Å². The molecule has 0 aromatic heterocycles. The molecule has 1 atom stereocenters. The van der Waals surface area contributed by atoms with E-state index in [0.29, 0.717) is 5.56 Å². The van der Waals surface area contributed by atoms with Gasteiger partial charge < -0.3 is 4.74 Å². The third-order valence-electron chi connectivity index (χ3n) is 2.50. The summed E-state index contributed by atoms with van der Waals surface area (Å²) in [7, 11) is 0. The van der Waals surface area contributed by atoms with Gasteiger partial charge in [0.15, 0.2) is 0 Å². The second-order valence-electron chi connectivity index (χ2n) is 3.68. The number of benzene rings is 1. The van der Waals surface area contributed by atoms with Crippen molar-refractivity contribution in [1.82, 2.24) is 0 Å². The van der Waals surface area contributed by atoms with Crippen molar-refractivity contribution < 1.29 is 9.53 Å². The summed E-state index contributed by atoms with van der Waals surface area (Å²) >= 11 is 0. The summed E-state index contributed by atoms with van der Waals surface area (Å²) in [5, 5.41) is 0. The molecule has 0 saturated carbocycles. The van der Waals surface area contributed by atoms with Crippen molar-refractivity contribution in [1.29, 1.82) is 0 Å². The standard InChI is InChI=1S/C13H14O2/c14-13(11-7-3-1-4-8-11)15-12-9-5-2-6-10-12/h1-5,7-8,12H,6,9-10H2/t12-/m1/s1. The van der Waals surface area contributed by atoms with Gasteiger partial charge in [-0.2, -0.15) is 0 Å². The van der Waals surface area contributed by atoms with Crippen LogP contribution in [0.1, 0.15) is 29.6 Å². The zero-order chi connectivity index (χ0) is 10.5. The van der Waals surface area contributed by atoms with Crippen molar-refractivity contribution in [2.75, 3.05) is 0 Å². The number of rotatable bonds is 2. The lowest BCUT2D eigenvalue weighted by molar-refractivity contribution is 0.0282. The van der Waals surface area contributed by atoms with Crippen LogP contribution >= 0.6 is 0 Å². The van der Waals surface area contributed by atoms with Gasteiger partial charge in [0.05, 0.1) is 5.56 Å². The fourth-order valence-corrected chi connectivity index (χ4v) is 1.67. The van der Waals surface area contributed by atoms with Crippen molar-refractivity contribution in [3.05, 3.63) is 48.0 Å². The zero-order valence-corrected chi connectivity index (χ0v) is 8.56. The maximum Gasteiger partial charge on any atom is 0.338 e.